The number of likely N-dealkylation sites (tertiary alicyclic amines) is 1. The number of likely N-dealkylation sites (N-methyl/N-ethyl adjacent to an activating group) is 1. The van der Waals surface area contributed by atoms with Crippen LogP contribution in [0.1, 0.15) is 20.3 Å². The minimum Gasteiger partial charge on any atom is -0.374 e. The minimum atomic E-state index is 0.386. The Balaban J connectivity index is 2.18. The Hall–Kier alpha value is -0.0800. The fourth-order valence-corrected chi connectivity index (χ4v) is 1.39. The van der Waals surface area contributed by atoms with Gasteiger partial charge in [-0.15, -0.1) is 0 Å². The van der Waals surface area contributed by atoms with Gasteiger partial charge in [0, 0.05) is 13.1 Å². The van der Waals surface area contributed by atoms with Crippen LogP contribution in [0.15, 0.2) is 0 Å². The zero-order valence-corrected chi connectivity index (χ0v) is 7.13. The Bertz CT molecular complexity index is 103. The van der Waals surface area contributed by atoms with Crippen molar-refractivity contribution >= 4 is 0 Å². The van der Waals surface area contributed by atoms with E-state index in [1.54, 1.807) is 0 Å². The lowest BCUT2D eigenvalue weighted by Gasteiger charge is -2.14. The Morgan fingerprint density at radius 3 is 2.60 bits per heavy atom. The van der Waals surface area contributed by atoms with Gasteiger partial charge in [0.2, 0.25) is 0 Å². The van der Waals surface area contributed by atoms with E-state index in [-0.39, 0.29) is 0 Å². The molecule has 0 unspecified atom stereocenters. The first-order valence-corrected chi connectivity index (χ1v) is 4.02. The highest BCUT2D eigenvalue weighted by atomic mass is 16.5. The third-order valence-corrected chi connectivity index (χ3v) is 1.81. The van der Waals surface area contributed by atoms with E-state index >= 15 is 0 Å². The molecule has 1 saturated heterocycles. The van der Waals surface area contributed by atoms with Crippen molar-refractivity contribution in [2.75, 3.05) is 20.1 Å². The first kappa shape index (κ1) is 8.02. The third-order valence-electron chi connectivity index (χ3n) is 1.81. The molecule has 0 spiro atoms. The lowest BCUT2D eigenvalue weighted by Crippen LogP contribution is -2.21. The molecule has 1 atom stereocenters. The van der Waals surface area contributed by atoms with Crippen molar-refractivity contribution in [1.29, 1.82) is 0 Å². The Kier molecular flexibility index (Phi) is 2.69. The highest BCUT2D eigenvalue weighted by Gasteiger charge is 2.20. The van der Waals surface area contributed by atoms with E-state index in [0.29, 0.717) is 12.2 Å². The standard InChI is InChI=1S/C8H17NO/c1-7(2)10-8-4-5-9(3)6-8/h7-8H,4-6H2,1-3H3/t8-/m1/s1. The van der Waals surface area contributed by atoms with Gasteiger partial charge in [-0.25, -0.2) is 0 Å². The van der Waals surface area contributed by atoms with Crippen molar-refractivity contribution in [2.24, 2.45) is 0 Å². The molecule has 0 N–H and O–H groups in total. The van der Waals surface area contributed by atoms with Crippen molar-refractivity contribution in [2.45, 2.75) is 32.5 Å². The molecule has 2 nitrogen and oxygen atoms in total. The highest BCUT2D eigenvalue weighted by Crippen LogP contribution is 2.11. The summed E-state index contributed by atoms with van der Waals surface area (Å²) < 4.78 is 5.64. The Labute approximate surface area is 63.2 Å². The van der Waals surface area contributed by atoms with E-state index in [0.717, 1.165) is 6.54 Å². The van der Waals surface area contributed by atoms with Gasteiger partial charge in [-0.2, -0.15) is 0 Å². The van der Waals surface area contributed by atoms with Crippen LogP contribution >= 0.6 is 0 Å². The number of rotatable bonds is 2. The monoisotopic (exact) mass is 143 g/mol. The molecule has 0 aromatic heterocycles. The second-order valence-electron chi connectivity index (χ2n) is 3.36. The normalized spacial score (nSPS) is 28.2. The molecule has 0 bridgehead atoms. The fourth-order valence-electron chi connectivity index (χ4n) is 1.39. The highest BCUT2D eigenvalue weighted by molar-refractivity contribution is 4.73. The maximum Gasteiger partial charge on any atom is 0.0717 e. The van der Waals surface area contributed by atoms with Gasteiger partial charge in [0.25, 0.3) is 0 Å². The first-order chi connectivity index (χ1) is 4.68. The molecule has 0 aromatic rings. The summed E-state index contributed by atoms with van der Waals surface area (Å²) in [6.07, 6.45) is 2.08. The van der Waals surface area contributed by atoms with Gasteiger partial charge in [-0.05, 0) is 27.3 Å². The van der Waals surface area contributed by atoms with Gasteiger partial charge in [0.15, 0.2) is 0 Å². The molecule has 1 aliphatic heterocycles. The van der Waals surface area contributed by atoms with Crippen LogP contribution in [-0.4, -0.2) is 37.2 Å². The van der Waals surface area contributed by atoms with E-state index in [4.69, 9.17) is 4.74 Å². The van der Waals surface area contributed by atoms with Crippen molar-refractivity contribution in [3.8, 4) is 0 Å². The van der Waals surface area contributed by atoms with E-state index in [1.165, 1.54) is 13.0 Å². The summed E-state index contributed by atoms with van der Waals surface area (Å²) in [6, 6.07) is 0. The van der Waals surface area contributed by atoms with E-state index in [2.05, 4.69) is 25.8 Å². The molecule has 1 aliphatic rings. The van der Waals surface area contributed by atoms with Crippen LogP contribution in [0.3, 0.4) is 0 Å². The van der Waals surface area contributed by atoms with Gasteiger partial charge < -0.3 is 9.64 Å². The molecular weight excluding hydrogens is 126 g/mol. The maximum atomic E-state index is 5.64. The van der Waals surface area contributed by atoms with Crippen LogP contribution < -0.4 is 0 Å². The van der Waals surface area contributed by atoms with Crippen LogP contribution in [0, 0.1) is 0 Å². The Morgan fingerprint density at radius 2 is 2.20 bits per heavy atom. The van der Waals surface area contributed by atoms with E-state index < -0.39 is 0 Å². The van der Waals surface area contributed by atoms with Gasteiger partial charge in [-0.1, -0.05) is 0 Å². The number of ether oxygens (including phenoxy) is 1. The van der Waals surface area contributed by atoms with E-state index in [1.807, 2.05) is 0 Å². The smallest absolute Gasteiger partial charge is 0.0717 e. The molecule has 0 aromatic carbocycles. The molecule has 10 heavy (non-hydrogen) atoms. The zero-order valence-electron chi connectivity index (χ0n) is 7.13. The Morgan fingerprint density at radius 1 is 1.50 bits per heavy atom. The lowest BCUT2D eigenvalue weighted by molar-refractivity contribution is 0.0153. The zero-order chi connectivity index (χ0) is 7.56. The average molecular weight is 143 g/mol. The largest absolute Gasteiger partial charge is 0.374 e. The molecule has 1 fully saturated rings. The molecule has 0 amide bonds. The summed E-state index contributed by atoms with van der Waals surface area (Å²) in [7, 11) is 2.14. The third kappa shape index (κ3) is 2.27. The van der Waals surface area contributed by atoms with Gasteiger partial charge in [0.05, 0.1) is 12.2 Å². The topological polar surface area (TPSA) is 12.5 Å². The first-order valence-electron chi connectivity index (χ1n) is 4.02. The van der Waals surface area contributed by atoms with E-state index in [9.17, 15) is 0 Å². The second-order valence-corrected chi connectivity index (χ2v) is 3.36. The number of hydrogen-bond acceptors (Lipinski definition) is 2. The molecule has 1 heterocycles. The van der Waals surface area contributed by atoms with Crippen LogP contribution in [0.4, 0.5) is 0 Å². The molecular formula is C8H17NO. The van der Waals surface area contributed by atoms with Crippen LogP contribution in [-0.2, 0) is 4.74 Å². The molecule has 0 saturated carbocycles. The summed E-state index contributed by atoms with van der Waals surface area (Å²) in [5.74, 6) is 0. The van der Waals surface area contributed by atoms with Crippen molar-refractivity contribution in [1.82, 2.24) is 4.90 Å². The summed E-state index contributed by atoms with van der Waals surface area (Å²) in [5.41, 5.74) is 0. The van der Waals surface area contributed by atoms with Crippen LogP contribution in [0.25, 0.3) is 0 Å². The molecule has 1 rings (SSSR count). The van der Waals surface area contributed by atoms with Crippen LogP contribution in [0.5, 0.6) is 0 Å². The number of hydrogen-bond donors (Lipinski definition) is 0. The second kappa shape index (κ2) is 3.35. The van der Waals surface area contributed by atoms with Gasteiger partial charge in [0.1, 0.15) is 0 Å². The minimum absolute atomic E-state index is 0.386. The SMILES string of the molecule is CC(C)O[C@@H]1CCN(C)C1. The van der Waals surface area contributed by atoms with Gasteiger partial charge >= 0.3 is 0 Å². The predicted molar refractivity (Wildman–Crippen MR) is 42.1 cm³/mol. The summed E-state index contributed by atoms with van der Waals surface area (Å²) in [4.78, 5) is 2.31. The lowest BCUT2D eigenvalue weighted by atomic mass is 10.3. The quantitative estimate of drug-likeness (QED) is 0.574. The molecule has 60 valence electrons. The van der Waals surface area contributed by atoms with Crippen molar-refractivity contribution in [3.63, 3.8) is 0 Å². The average Bonchev–Trinajstić information content (AvgIpc) is 2.13. The fraction of sp³-hybridized carbons (Fsp3) is 1.00. The molecule has 2 heteroatoms. The van der Waals surface area contributed by atoms with Crippen molar-refractivity contribution in [3.05, 3.63) is 0 Å². The number of nitrogens with zero attached hydrogens (tertiary/aromatic N) is 1. The van der Waals surface area contributed by atoms with Crippen molar-refractivity contribution < 1.29 is 4.74 Å². The summed E-state index contributed by atoms with van der Waals surface area (Å²) in [5, 5.41) is 0. The molecule has 0 radical (unpaired) electrons. The summed E-state index contributed by atoms with van der Waals surface area (Å²) in [6.45, 7) is 6.49. The maximum absolute atomic E-state index is 5.64. The van der Waals surface area contributed by atoms with Crippen LogP contribution in [0.2, 0.25) is 0 Å². The predicted octanol–water partition coefficient (Wildman–Crippen LogP) is 1.12. The summed E-state index contributed by atoms with van der Waals surface area (Å²) >= 11 is 0. The molecule has 0 aliphatic carbocycles. The van der Waals surface area contributed by atoms with Gasteiger partial charge in [-0.3, -0.25) is 0 Å².